The average molecular weight is 157 g/mol. The number of phenols is 1. The van der Waals surface area contributed by atoms with Crippen molar-refractivity contribution in [2.45, 2.75) is 6.42 Å². The average Bonchev–Trinajstić information content (AvgIpc) is 1.94. The summed E-state index contributed by atoms with van der Waals surface area (Å²) in [5, 5.41) is 9.19. The Bertz CT molecular complexity index is 233. The summed E-state index contributed by atoms with van der Waals surface area (Å²) in [6, 6.07) is 7.27. The molecule has 0 unspecified atom stereocenters. The van der Waals surface area contributed by atoms with Gasteiger partial charge in [0, 0.05) is 29.6 Å². The van der Waals surface area contributed by atoms with E-state index in [4.69, 9.17) is 0 Å². The summed E-state index contributed by atoms with van der Waals surface area (Å²) < 4.78 is 0. The van der Waals surface area contributed by atoms with Crippen LogP contribution in [-0.2, 0) is 6.42 Å². The molecule has 2 heteroatoms. The third kappa shape index (κ3) is 3.10. The van der Waals surface area contributed by atoms with Crippen LogP contribution < -0.4 is 0 Å². The molecule has 0 aromatic heterocycles. The Kier molecular flexibility index (Phi) is 5.30. The predicted molar refractivity (Wildman–Crippen MR) is 47.8 cm³/mol. The Morgan fingerprint density at radius 3 is 2.55 bits per heavy atom. The van der Waals surface area contributed by atoms with E-state index >= 15 is 0 Å². The van der Waals surface area contributed by atoms with E-state index in [9.17, 15) is 5.11 Å². The van der Waals surface area contributed by atoms with Crippen molar-refractivity contribution in [2.24, 2.45) is 0 Å². The molecule has 0 spiro atoms. The zero-order valence-electron chi connectivity index (χ0n) is 6.75. The first-order valence-electron chi connectivity index (χ1n) is 3.22. The zero-order valence-corrected chi connectivity index (χ0v) is 8.75. The van der Waals surface area contributed by atoms with Crippen molar-refractivity contribution in [1.29, 1.82) is 0 Å². The second kappa shape index (κ2) is 5.42. The van der Waals surface area contributed by atoms with E-state index in [1.807, 2.05) is 18.2 Å². The summed E-state index contributed by atoms with van der Waals surface area (Å²) in [7, 11) is 0. The van der Waals surface area contributed by atoms with Crippen LogP contribution >= 0.6 is 0 Å². The summed E-state index contributed by atoms with van der Waals surface area (Å²) in [5.74, 6) is 0.349. The Labute approximate surface area is 89.0 Å². The summed E-state index contributed by atoms with van der Waals surface area (Å²) in [6.07, 6.45) is 2.50. The smallest absolute Gasteiger partial charge is 0.119 e. The van der Waals surface area contributed by atoms with E-state index in [2.05, 4.69) is 6.58 Å². The fourth-order valence-electron chi connectivity index (χ4n) is 0.839. The SMILES string of the molecule is C=CCc1ccccc1O.[Na]. The van der Waals surface area contributed by atoms with Gasteiger partial charge in [-0.05, 0) is 18.1 Å². The number of phenolic OH excluding ortho intramolecular Hbond substituents is 1. The molecular weight excluding hydrogens is 147 g/mol. The molecule has 53 valence electrons. The number of rotatable bonds is 2. The van der Waals surface area contributed by atoms with Crippen molar-refractivity contribution in [3.63, 3.8) is 0 Å². The molecule has 1 aromatic rings. The third-order valence-corrected chi connectivity index (χ3v) is 1.36. The second-order valence-corrected chi connectivity index (χ2v) is 2.12. The van der Waals surface area contributed by atoms with Gasteiger partial charge in [-0.2, -0.15) is 0 Å². The number of allylic oxidation sites excluding steroid dienone is 1. The van der Waals surface area contributed by atoms with Crippen molar-refractivity contribution < 1.29 is 5.11 Å². The number of hydrogen-bond donors (Lipinski definition) is 1. The molecule has 0 atom stereocenters. The Balaban J connectivity index is 0.000001000. The van der Waals surface area contributed by atoms with Crippen molar-refractivity contribution in [3.8, 4) is 5.75 Å². The van der Waals surface area contributed by atoms with Gasteiger partial charge in [0.1, 0.15) is 5.75 Å². The topological polar surface area (TPSA) is 20.2 Å². The first-order chi connectivity index (χ1) is 4.84. The third-order valence-electron chi connectivity index (χ3n) is 1.36. The van der Waals surface area contributed by atoms with Crippen LogP contribution in [0.3, 0.4) is 0 Å². The van der Waals surface area contributed by atoms with Crippen LogP contribution in [0.25, 0.3) is 0 Å². The van der Waals surface area contributed by atoms with E-state index in [0.717, 1.165) is 12.0 Å². The molecule has 1 N–H and O–H groups in total. The van der Waals surface area contributed by atoms with Gasteiger partial charge >= 0.3 is 0 Å². The van der Waals surface area contributed by atoms with Gasteiger partial charge in [0.05, 0.1) is 0 Å². The molecule has 0 saturated carbocycles. The quantitative estimate of drug-likeness (QED) is 0.512. The molecule has 1 rings (SSSR count). The van der Waals surface area contributed by atoms with Crippen LogP contribution in [0, 0.1) is 0 Å². The van der Waals surface area contributed by atoms with Crippen LogP contribution in [0.15, 0.2) is 36.9 Å². The van der Waals surface area contributed by atoms with Crippen LogP contribution in [0.2, 0.25) is 0 Å². The number of benzene rings is 1. The molecule has 0 fully saturated rings. The van der Waals surface area contributed by atoms with Gasteiger partial charge in [-0.1, -0.05) is 24.3 Å². The largest absolute Gasteiger partial charge is 0.508 e. The molecule has 0 saturated heterocycles. The molecule has 0 bridgehead atoms. The van der Waals surface area contributed by atoms with Gasteiger partial charge in [0.25, 0.3) is 0 Å². The van der Waals surface area contributed by atoms with Crippen LogP contribution in [0.1, 0.15) is 5.56 Å². The Morgan fingerprint density at radius 2 is 2.00 bits per heavy atom. The molecule has 1 aromatic carbocycles. The van der Waals surface area contributed by atoms with Crippen LogP contribution in [0.4, 0.5) is 0 Å². The minimum absolute atomic E-state index is 0. The first kappa shape index (κ1) is 10.8. The molecule has 11 heavy (non-hydrogen) atoms. The zero-order chi connectivity index (χ0) is 7.40. The standard InChI is InChI=1S/C9H10O.Na/c1-2-5-8-6-3-4-7-9(8)10;/h2-4,6-7,10H,1,5H2;. The number of aromatic hydroxyl groups is 1. The Hall–Kier alpha value is -0.240. The fraction of sp³-hybridized carbons (Fsp3) is 0.111. The minimum Gasteiger partial charge on any atom is -0.508 e. The maximum Gasteiger partial charge on any atom is 0.119 e. The summed E-state index contributed by atoms with van der Waals surface area (Å²) in [6.45, 7) is 3.59. The van der Waals surface area contributed by atoms with E-state index in [-0.39, 0.29) is 29.6 Å². The van der Waals surface area contributed by atoms with Gasteiger partial charge in [-0.3, -0.25) is 0 Å². The monoisotopic (exact) mass is 157 g/mol. The molecule has 1 nitrogen and oxygen atoms in total. The molecule has 0 heterocycles. The first-order valence-corrected chi connectivity index (χ1v) is 3.22. The molecule has 0 aliphatic carbocycles. The normalized spacial score (nSPS) is 8.36. The number of para-hydroxylation sites is 1. The minimum atomic E-state index is 0. The van der Waals surface area contributed by atoms with Crippen molar-refractivity contribution >= 4 is 29.6 Å². The summed E-state index contributed by atoms with van der Waals surface area (Å²) in [5.41, 5.74) is 0.928. The molecule has 0 aliphatic rings. The van der Waals surface area contributed by atoms with Gasteiger partial charge in [-0.15, -0.1) is 6.58 Å². The predicted octanol–water partition coefficient (Wildman–Crippen LogP) is 1.74. The molecular formula is C9H10NaO. The van der Waals surface area contributed by atoms with Crippen molar-refractivity contribution in [3.05, 3.63) is 42.5 Å². The maximum atomic E-state index is 9.19. The van der Waals surface area contributed by atoms with Crippen LogP contribution in [-0.4, -0.2) is 34.7 Å². The summed E-state index contributed by atoms with van der Waals surface area (Å²) >= 11 is 0. The van der Waals surface area contributed by atoms with E-state index in [1.54, 1.807) is 12.1 Å². The van der Waals surface area contributed by atoms with Crippen molar-refractivity contribution in [2.75, 3.05) is 0 Å². The second-order valence-electron chi connectivity index (χ2n) is 2.12. The Morgan fingerprint density at radius 1 is 1.36 bits per heavy atom. The van der Waals surface area contributed by atoms with Crippen LogP contribution in [0.5, 0.6) is 5.75 Å². The van der Waals surface area contributed by atoms with Gasteiger partial charge in [0.15, 0.2) is 0 Å². The maximum absolute atomic E-state index is 9.19. The van der Waals surface area contributed by atoms with E-state index < -0.39 is 0 Å². The van der Waals surface area contributed by atoms with E-state index in [0.29, 0.717) is 5.75 Å². The fourth-order valence-corrected chi connectivity index (χ4v) is 0.839. The van der Waals surface area contributed by atoms with E-state index in [1.165, 1.54) is 0 Å². The molecule has 0 amide bonds. The summed E-state index contributed by atoms with van der Waals surface area (Å²) in [4.78, 5) is 0. The molecule has 1 radical (unpaired) electrons. The molecule has 0 aliphatic heterocycles. The number of hydrogen-bond acceptors (Lipinski definition) is 1. The van der Waals surface area contributed by atoms with Gasteiger partial charge < -0.3 is 5.11 Å². The van der Waals surface area contributed by atoms with Gasteiger partial charge in [-0.25, -0.2) is 0 Å². The van der Waals surface area contributed by atoms with Crippen molar-refractivity contribution in [1.82, 2.24) is 0 Å². The van der Waals surface area contributed by atoms with Gasteiger partial charge in [0.2, 0.25) is 0 Å².